The minimum absolute atomic E-state index is 0. The minimum Gasteiger partial charge on any atom is -0.744 e. The molecule has 0 bridgehead atoms. The molecule has 0 fully saturated rings. The summed E-state index contributed by atoms with van der Waals surface area (Å²) in [5, 5.41) is 9.65. The second kappa shape index (κ2) is 14.8. The van der Waals surface area contributed by atoms with E-state index in [0.29, 0.717) is 23.4 Å². The Bertz CT molecular complexity index is 1460. The molecule has 14 heteroatoms. The van der Waals surface area contributed by atoms with Crippen molar-refractivity contribution in [2.24, 2.45) is 5.10 Å². The topological polar surface area (TPSA) is 145 Å². The monoisotopic (exact) mass is 537 g/mol. The average molecular weight is 538 g/mol. The number of fused-ring (bicyclic) bond motifs is 2. The second-order valence-corrected chi connectivity index (χ2v) is 8.43. The van der Waals surface area contributed by atoms with Gasteiger partial charge in [-0.2, -0.15) is 5.56 Å². The van der Waals surface area contributed by atoms with Gasteiger partial charge in [-0.05, 0) is 41.1 Å². The van der Waals surface area contributed by atoms with Gasteiger partial charge < -0.3 is 9.87 Å². The Balaban J connectivity index is 0.00000154. The maximum Gasteiger partial charge on any atom is 1.00 e. The Morgan fingerprint density at radius 3 is 2.23 bits per heavy atom. The van der Waals surface area contributed by atoms with Gasteiger partial charge in [0.25, 0.3) is 0 Å². The van der Waals surface area contributed by atoms with E-state index < -0.39 is 20.7 Å². The molecule has 9 nitrogen and oxygen atoms in total. The number of nitrogens with zero attached hydrogens (tertiary/aromatic N) is 1. The first-order chi connectivity index (χ1) is 15.2. The first kappa shape index (κ1) is 33.4. The molecular weight excluding hydrogens is 519 g/mol. The van der Waals surface area contributed by atoms with Crippen molar-refractivity contribution in [2.45, 2.75) is 11.3 Å². The molecule has 0 atom stereocenters. The summed E-state index contributed by atoms with van der Waals surface area (Å²) in [5.74, 6) is 0. The fraction of sp³-hybridized carbons (Fsp3) is 0.0952. The molecule has 2 N–H and O–H groups in total. The summed E-state index contributed by atoms with van der Waals surface area (Å²) < 4.78 is 59.4. The summed E-state index contributed by atoms with van der Waals surface area (Å²) in [7, 11) is -5.95. The van der Waals surface area contributed by atoms with Gasteiger partial charge in [-0.25, -0.2) is 25.7 Å². The van der Waals surface area contributed by atoms with E-state index in [0.717, 1.165) is 22.0 Å². The maximum atomic E-state index is 11.4. The van der Waals surface area contributed by atoms with E-state index in [1.165, 1.54) is 12.1 Å². The van der Waals surface area contributed by atoms with Crippen LogP contribution in [0.2, 0.25) is 0 Å². The molecule has 0 saturated carbocycles. The van der Waals surface area contributed by atoms with Crippen LogP contribution in [-0.2, 0) is 27.1 Å². The van der Waals surface area contributed by atoms with Crippen molar-refractivity contribution in [3.8, 4) is 0 Å². The Kier molecular flexibility index (Phi) is 14.1. The van der Waals surface area contributed by atoms with Gasteiger partial charge in [0.1, 0.15) is 10.1 Å². The van der Waals surface area contributed by atoms with Crippen LogP contribution in [0.25, 0.3) is 16.8 Å². The Labute approximate surface area is 247 Å². The van der Waals surface area contributed by atoms with Gasteiger partial charge in [-0.3, -0.25) is 10.1 Å². The SMILES string of the molecule is CNc1cc(S(=O)(=O)[O-])cc2c1C/C(=N\Nc1ccc3ccccc3c1)[C-]=C2.F.O=S(=O)=O.[Na+].[Na+]. The largest absolute Gasteiger partial charge is 1.00 e. The van der Waals surface area contributed by atoms with Gasteiger partial charge >= 0.3 is 69.7 Å². The normalized spacial score (nSPS) is 12.6. The molecule has 0 radical (unpaired) electrons. The Hall–Kier alpha value is -1.61. The molecule has 0 unspecified atom stereocenters. The summed E-state index contributed by atoms with van der Waals surface area (Å²) in [6, 6.07) is 16.8. The fourth-order valence-electron chi connectivity index (χ4n) is 3.20. The molecule has 0 amide bonds. The van der Waals surface area contributed by atoms with Crippen LogP contribution in [0.15, 0.2) is 64.6 Å². The van der Waals surface area contributed by atoms with Crippen molar-refractivity contribution in [1.29, 1.82) is 0 Å². The van der Waals surface area contributed by atoms with Gasteiger partial charge in [0.2, 0.25) is 0 Å². The smallest absolute Gasteiger partial charge is 0.744 e. The molecule has 0 aliphatic heterocycles. The van der Waals surface area contributed by atoms with E-state index in [9.17, 15) is 13.0 Å². The molecule has 0 aromatic heterocycles. The van der Waals surface area contributed by atoms with E-state index in [-0.39, 0.29) is 68.7 Å². The van der Waals surface area contributed by atoms with E-state index >= 15 is 0 Å². The number of nitrogens with one attached hydrogen (secondary N) is 2. The van der Waals surface area contributed by atoms with Crippen LogP contribution in [0.1, 0.15) is 11.1 Å². The number of anilines is 2. The molecule has 0 heterocycles. The number of benzene rings is 3. The third kappa shape index (κ3) is 9.41. The zero-order valence-corrected chi connectivity index (χ0v) is 24.7. The maximum absolute atomic E-state index is 11.4. The van der Waals surface area contributed by atoms with Gasteiger partial charge in [0.05, 0.1) is 5.69 Å². The van der Waals surface area contributed by atoms with E-state index in [1.807, 2.05) is 36.4 Å². The first-order valence-corrected chi connectivity index (χ1v) is 11.6. The standard InChI is InChI=1S/C21H18N3O3S.FH.2Na.O3S/c1-22-21-13-19(28(25,26)27)11-16-7-9-18(12-20(16)21)24-23-17-8-6-14-4-2-3-5-15(14)10-17;;;;1-4(2)3/h2-8,10-11,13,22-23H,12H2,1H3,(H,25,26,27);1H;;;/q-1;;2*+1;/p-1/b24-18-;;;;. The van der Waals surface area contributed by atoms with Crippen LogP contribution in [-0.4, -0.2) is 38.4 Å². The molecule has 4 rings (SSSR count). The predicted octanol–water partition coefficient (Wildman–Crippen LogP) is -3.22. The molecule has 0 saturated heterocycles. The number of halogens is 1. The van der Waals surface area contributed by atoms with E-state index in [2.05, 4.69) is 28.0 Å². The van der Waals surface area contributed by atoms with E-state index in [1.54, 1.807) is 13.1 Å². The zero-order valence-electron chi connectivity index (χ0n) is 19.1. The van der Waals surface area contributed by atoms with Crippen molar-refractivity contribution < 1.29 is 89.4 Å². The van der Waals surface area contributed by atoms with Crippen LogP contribution in [0.4, 0.5) is 16.1 Å². The predicted molar refractivity (Wildman–Crippen MR) is 123 cm³/mol. The van der Waals surface area contributed by atoms with Gasteiger partial charge in [-0.15, -0.1) is 18.7 Å². The number of allylic oxidation sites excluding steroid dienone is 1. The van der Waals surface area contributed by atoms with Crippen LogP contribution in [0.5, 0.6) is 0 Å². The summed E-state index contributed by atoms with van der Waals surface area (Å²) in [4.78, 5) is -0.261. The minimum atomic E-state index is -4.53. The number of hydrogen-bond donors (Lipinski definition) is 2. The quantitative estimate of drug-likeness (QED) is 0.153. The molecule has 1 aliphatic carbocycles. The average Bonchev–Trinajstić information content (AvgIpc) is 2.75. The summed E-state index contributed by atoms with van der Waals surface area (Å²) in [5.41, 5.74) is 6.69. The Morgan fingerprint density at radius 2 is 1.63 bits per heavy atom. The summed E-state index contributed by atoms with van der Waals surface area (Å²) in [6.07, 6.45) is 5.16. The molecule has 3 aromatic carbocycles. The van der Waals surface area contributed by atoms with Crippen LogP contribution in [0.3, 0.4) is 0 Å². The number of hydrogen-bond acceptors (Lipinski definition) is 9. The van der Waals surface area contributed by atoms with Crippen LogP contribution >= 0.6 is 0 Å². The van der Waals surface area contributed by atoms with E-state index in [4.69, 9.17) is 12.6 Å². The molecule has 174 valence electrons. The Morgan fingerprint density at radius 1 is 1.00 bits per heavy atom. The van der Waals surface area contributed by atoms with Crippen molar-refractivity contribution in [1.82, 2.24) is 0 Å². The van der Waals surface area contributed by atoms with Crippen molar-refractivity contribution >= 4 is 54.7 Å². The third-order valence-electron chi connectivity index (χ3n) is 4.62. The molecule has 3 aromatic rings. The fourth-order valence-corrected chi connectivity index (χ4v) is 3.74. The summed E-state index contributed by atoms with van der Waals surface area (Å²) >= 11 is 0. The van der Waals surface area contributed by atoms with Crippen LogP contribution in [0, 0.1) is 6.08 Å². The molecule has 1 aliphatic rings. The van der Waals surface area contributed by atoms with Gasteiger partial charge in [-0.1, -0.05) is 35.9 Å². The van der Waals surface area contributed by atoms with Crippen molar-refractivity contribution in [3.63, 3.8) is 0 Å². The second-order valence-electron chi connectivity index (χ2n) is 6.64. The number of rotatable bonds is 4. The summed E-state index contributed by atoms with van der Waals surface area (Å²) in [6.45, 7) is 0. The van der Waals surface area contributed by atoms with Gasteiger partial charge in [0.15, 0.2) is 0 Å². The van der Waals surface area contributed by atoms with Gasteiger partial charge in [0, 0.05) is 17.6 Å². The molecular formula is C21H18FN3Na2O6S2. The zero-order chi connectivity index (χ0) is 23.3. The third-order valence-corrected chi connectivity index (χ3v) is 5.44. The molecule has 0 spiro atoms. The first-order valence-electron chi connectivity index (χ1n) is 9.16. The molecule has 35 heavy (non-hydrogen) atoms. The van der Waals surface area contributed by atoms with Crippen molar-refractivity contribution in [3.05, 3.63) is 71.8 Å². The van der Waals surface area contributed by atoms with Crippen LogP contribution < -0.4 is 69.9 Å². The van der Waals surface area contributed by atoms with Crippen molar-refractivity contribution in [2.75, 3.05) is 17.8 Å². The number of hydrazone groups is 1.